The van der Waals surface area contributed by atoms with Crippen molar-refractivity contribution >= 4 is 39.2 Å². The van der Waals surface area contributed by atoms with Crippen LogP contribution in [0.3, 0.4) is 0 Å². The molecule has 0 N–H and O–H groups in total. The van der Waals surface area contributed by atoms with Crippen molar-refractivity contribution in [3.05, 3.63) is 40.7 Å². The van der Waals surface area contributed by atoms with E-state index in [4.69, 9.17) is 3.76 Å². The average molecular weight is 367 g/mol. The first kappa shape index (κ1) is 13.7. The molecule has 1 aromatic carbocycles. The Labute approximate surface area is 120 Å². The maximum atomic E-state index is 12.2. The van der Waals surface area contributed by atoms with Crippen LogP contribution in [0.15, 0.2) is 35.1 Å². The van der Waals surface area contributed by atoms with Crippen LogP contribution in [-0.2, 0) is 6.54 Å². The van der Waals surface area contributed by atoms with Crippen molar-refractivity contribution in [2.75, 3.05) is 0 Å². The topological polar surface area (TPSA) is 31.2 Å². The van der Waals surface area contributed by atoms with Crippen molar-refractivity contribution in [2.45, 2.75) is 26.3 Å². The van der Waals surface area contributed by atoms with Gasteiger partial charge in [-0.2, -0.15) is 0 Å². The van der Waals surface area contributed by atoms with Crippen molar-refractivity contribution in [2.24, 2.45) is 0 Å². The summed E-state index contributed by atoms with van der Waals surface area (Å²) in [7, 11) is 0. The summed E-state index contributed by atoms with van der Waals surface area (Å²) >= 11 is 0.0425. The van der Waals surface area contributed by atoms with E-state index in [2.05, 4.69) is 13.0 Å². The van der Waals surface area contributed by atoms with Gasteiger partial charge in [0.15, 0.2) is 0 Å². The van der Waals surface area contributed by atoms with Crippen LogP contribution in [0.1, 0.15) is 19.8 Å². The Morgan fingerprint density at radius 2 is 2.17 bits per heavy atom. The van der Waals surface area contributed by atoms with Gasteiger partial charge in [0.2, 0.25) is 0 Å². The Balaban J connectivity index is 2.61. The molecule has 0 spiro atoms. The maximum absolute atomic E-state index is 12.2. The van der Waals surface area contributed by atoms with Crippen LogP contribution in [0.2, 0.25) is 0 Å². The molecule has 1 heterocycles. The van der Waals surface area contributed by atoms with Crippen LogP contribution < -0.4 is 9.32 Å². The van der Waals surface area contributed by atoms with Gasteiger partial charge >= 0.3 is 120 Å². The van der Waals surface area contributed by atoms with Gasteiger partial charge in [0, 0.05) is 0 Å². The molecule has 2 aromatic rings. The first-order valence-electron chi connectivity index (χ1n) is 6.53. The molecule has 0 bridgehead atoms. The Morgan fingerprint density at radius 1 is 1.39 bits per heavy atom. The molecule has 96 valence electrons. The summed E-state index contributed by atoms with van der Waals surface area (Å²) in [5, 5.41) is 1.09. The van der Waals surface area contributed by atoms with Gasteiger partial charge in [-0.25, -0.2) is 0 Å². The number of pyridine rings is 1. The minimum absolute atomic E-state index is 0.0699. The van der Waals surface area contributed by atoms with Crippen LogP contribution in [0, 0.1) is 0 Å². The van der Waals surface area contributed by atoms with Gasteiger partial charge in [-0.3, -0.25) is 0 Å². The monoisotopic (exact) mass is 369 g/mol. The van der Waals surface area contributed by atoms with Crippen LogP contribution >= 0.6 is 0 Å². The minimum atomic E-state index is -0.775. The van der Waals surface area contributed by atoms with Gasteiger partial charge in [-0.1, -0.05) is 0 Å². The Kier molecular flexibility index (Phi) is 4.94. The first-order chi connectivity index (χ1) is 8.77. The SMILES string of the molecule is CCCCn1c(=O)cc([O][GeH2][GeH3])c2ccccc21. The van der Waals surface area contributed by atoms with Gasteiger partial charge in [0.1, 0.15) is 0 Å². The number of fused-ring (bicyclic) bond motifs is 1. The molecule has 18 heavy (non-hydrogen) atoms. The summed E-state index contributed by atoms with van der Waals surface area (Å²) < 4.78 is 7.69. The molecule has 0 radical (unpaired) electrons. The summed E-state index contributed by atoms with van der Waals surface area (Å²) in [6.07, 6.45) is 2.13. The zero-order valence-electron chi connectivity index (χ0n) is 11.0. The second kappa shape index (κ2) is 6.47. The number of hydrogen-bond donors (Lipinski definition) is 0. The molecule has 0 aliphatic heterocycles. The number of benzene rings is 1. The summed E-state index contributed by atoms with van der Waals surface area (Å²) in [5.74, 6) is 0.816. The molecule has 0 atom stereocenters. The van der Waals surface area contributed by atoms with Gasteiger partial charge < -0.3 is 0 Å². The average Bonchev–Trinajstić information content (AvgIpc) is 2.39. The molecule has 1 aromatic heterocycles. The molecule has 0 saturated carbocycles. The fourth-order valence-electron chi connectivity index (χ4n) is 2.13. The van der Waals surface area contributed by atoms with Crippen LogP contribution in [0.5, 0.6) is 5.75 Å². The van der Waals surface area contributed by atoms with Crippen molar-refractivity contribution in [3.63, 3.8) is 0 Å². The van der Waals surface area contributed by atoms with E-state index < -0.39 is 13.8 Å². The molecule has 2 rings (SSSR count). The predicted octanol–water partition coefficient (Wildman–Crippen LogP) is 0.545. The third-order valence-electron chi connectivity index (χ3n) is 3.02. The summed E-state index contributed by atoms with van der Waals surface area (Å²) in [6.45, 7) is 2.93. The molecule has 0 unspecified atom stereocenters. The van der Waals surface area contributed by atoms with Crippen LogP contribution in [-0.4, -0.2) is 32.9 Å². The molecule has 0 fully saturated rings. The fraction of sp³-hybridized carbons (Fsp3) is 0.308. The molecule has 0 amide bonds. The molecule has 0 aliphatic rings. The van der Waals surface area contributed by atoms with Gasteiger partial charge in [-0.05, 0) is 0 Å². The van der Waals surface area contributed by atoms with Gasteiger partial charge in [-0.15, -0.1) is 0 Å². The molecule has 0 aliphatic carbocycles. The van der Waals surface area contributed by atoms with Crippen LogP contribution in [0.4, 0.5) is 0 Å². The number of rotatable bonds is 5. The van der Waals surface area contributed by atoms with E-state index >= 15 is 0 Å². The van der Waals surface area contributed by atoms with Crippen molar-refractivity contribution < 1.29 is 3.76 Å². The summed E-state index contributed by atoms with van der Waals surface area (Å²) in [4.78, 5) is 12.2. The number of unbranched alkanes of at least 4 members (excludes halogenated alkanes) is 1. The van der Waals surface area contributed by atoms with Crippen molar-refractivity contribution in [3.8, 4) is 5.75 Å². The molecular weight excluding hydrogens is 347 g/mol. The Morgan fingerprint density at radius 3 is 2.89 bits per heavy atom. The molecule has 3 nitrogen and oxygen atoms in total. The molecule has 5 heteroatoms. The predicted molar refractivity (Wildman–Crippen MR) is 82.2 cm³/mol. The molecular formula is C13H19Ge2NO2. The summed E-state index contributed by atoms with van der Waals surface area (Å²) in [6, 6.07) is 9.74. The van der Waals surface area contributed by atoms with E-state index in [-0.39, 0.29) is 5.56 Å². The number of aryl methyl sites for hydroxylation is 1. The number of nitrogens with zero attached hydrogens (tertiary/aromatic N) is 1. The van der Waals surface area contributed by atoms with Gasteiger partial charge in [0.05, 0.1) is 0 Å². The van der Waals surface area contributed by atoms with E-state index in [9.17, 15) is 4.79 Å². The zero-order valence-corrected chi connectivity index (χ0v) is 18.1. The third-order valence-corrected chi connectivity index (χ3v) is 7.42. The van der Waals surface area contributed by atoms with E-state index in [0.717, 1.165) is 50.6 Å². The second-order valence-electron chi connectivity index (χ2n) is 4.30. The number of para-hydroxylation sites is 1. The summed E-state index contributed by atoms with van der Waals surface area (Å²) in [5.41, 5.74) is 1.08. The van der Waals surface area contributed by atoms with E-state index in [1.165, 1.54) is 0 Å². The Bertz CT molecular complexity index is 595. The van der Waals surface area contributed by atoms with E-state index in [1.54, 1.807) is 6.07 Å². The van der Waals surface area contributed by atoms with Gasteiger partial charge in [0.25, 0.3) is 0 Å². The normalized spacial score (nSPS) is 11.6. The quantitative estimate of drug-likeness (QED) is 0.724. The molecule has 0 saturated heterocycles. The van der Waals surface area contributed by atoms with Crippen molar-refractivity contribution in [1.82, 2.24) is 4.57 Å². The zero-order chi connectivity index (χ0) is 13.0. The number of hydrogen-bond acceptors (Lipinski definition) is 2. The number of aromatic nitrogens is 1. The Hall–Kier alpha value is -0.684. The van der Waals surface area contributed by atoms with E-state index in [0.29, 0.717) is 0 Å². The van der Waals surface area contributed by atoms with E-state index in [1.807, 2.05) is 22.8 Å². The first-order valence-corrected chi connectivity index (χ1v) is 26.1. The third kappa shape index (κ3) is 2.83. The standard InChI is InChI=1S/C13H19Ge2NO2/c1-2-3-8-16-11-7-5-4-6-10(11)12(18-15-14)9-13(16)17/h4-7,9H,2-3,8,15H2,1,14H3. The fourth-order valence-corrected chi connectivity index (χ4v) is 6.67. The van der Waals surface area contributed by atoms with Crippen LogP contribution in [0.25, 0.3) is 10.9 Å². The second-order valence-corrected chi connectivity index (χ2v) is 12.4. The van der Waals surface area contributed by atoms with Crippen molar-refractivity contribution in [1.29, 1.82) is 0 Å².